The molecular formula is C12H22N2S2. The Hall–Kier alpha value is -0.0600. The Labute approximate surface area is 107 Å². The molecule has 1 aromatic rings. The van der Waals surface area contributed by atoms with Crippen LogP contribution in [0.4, 0.5) is 0 Å². The molecule has 0 radical (unpaired) electrons. The molecule has 0 aromatic carbocycles. The lowest BCUT2D eigenvalue weighted by molar-refractivity contribution is 0.540. The molecule has 1 N–H and O–H groups in total. The first-order valence-corrected chi connectivity index (χ1v) is 8.01. The number of aromatic nitrogens is 1. The summed E-state index contributed by atoms with van der Waals surface area (Å²) in [6.45, 7) is 7.59. The molecule has 1 aromatic heterocycles. The normalized spacial score (nSPS) is 13.3. The Morgan fingerprint density at radius 3 is 2.75 bits per heavy atom. The van der Waals surface area contributed by atoms with E-state index in [2.05, 4.69) is 37.3 Å². The third kappa shape index (κ3) is 4.85. The Balaban J connectivity index is 2.31. The fourth-order valence-corrected chi connectivity index (χ4v) is 2.80. The lowest BCUT2D eigenvalue weighted by atomic mass is 10.2. The summed E-state index contributed by atoms with van der Waals surface area (Å²) in [6, 6.07) is 0.594. The lowest BCUT2D eigenvalue weighted by Crippen LogP contribution is -2.25. The van der Waals surface area contributed by atoms with Gasteiger partial charge in [0.1, 0.15) is 0 Å². The molecule has 16 heavy (non-hydrogen) atoms. The SMILES string of the molecule is CSCCC(C)NCc1cnc(C(C)C)s1. The van der Waals surface area contributed by atoms with Gasteiger partial charge in [-0.25, -0.2) is 4.98 Å². The van der Waals surface area contributed by atoms with Crippen LogP contribution in [0.25, 0.3) is 0 Å². The fourth-order valence-electron chi connectivity index (χ4n) is 1.34. The second-order valence-corrected chi connectivity index (χ2v) is 6.52. The second-order valence-electron chi connectivity index (χ2n) is 4.38. The summed E-state index contributed by atoms with van der Waals surface area (Å²) < 4.78 is 0. The molecule has 1 heterocycles. The fraction of sp³-hybridized carbons (Fsp3) is 0.750. The van der Waals surface area contributed by atoms with Crippen molar-refractivity contribution in [3.8, 4) is 0 Å². The zero-order chi connectivity index (χ0) is 12.0. The minimum atomic E-state index is 0.549. The average molecular weight is 258 g/mol. The average Bonchev–Trinajstić information content (AvgIpc) is 2.72. The van der Waals surface area contributed by atoms with Crippen molar-refractivity contribution in [3.63, 3.8) is 0 Å². The van der Waals surface area contributed by atoms with Crippen molar-refractivity contribution in [1.29, 1.82) is 0 Å². The molecule has 0 aliphatic carbocycles. The first-order valence-electron chi connectivity index (χ1n) is 5.80. The van der Waals surface area contributed by atoms with Crippen molar-refractivity contribution >= 4 is 23.1 Å². The molecule has 0 saturated carbocycles. The zero-order valence-electron chi connectivity index (χ0n) is 10.6. The standard InChI is InChI=1S/C12H22N2S2/c1-9(2)12-14-8-11(16-12)7-13-10(3)5-6-15-4/h8-10,13H,5-7H2,1-4H3. The largest absolute Gasteiger partial charge is 0.309 e. The predicted octanol–water partition coefficient (Wildman–Crippen LogP) is 3.50. The number of hydrogen-bond acceptors (Lipinski definition) is 4. The molecule has 4 heteroatoms. The highest BCUT2D eigenvalue weighted by Crippen LogP contribution is 2.20. The summed E-state index contributed by atoms with van der Waals surface area (Å²) >= 11 is 3.74. The summed E-state index contributed by atoms with van der Waals surface area (Å²) in [7, 11) is 0. The molecule has 0 spiro atoms. The summed E-state index contributed by atoms with van der Waals surface area (Å²) in [5.74, 6) is 1.78. The van der Waals surface area contributed by atoms with Gasteiger partial charge in [0.25, 0.3) is 0 Å². The first-order chi connectivity index (χ1) is 7.63. The first kappa shape index (κ1) is 14.0. The van der Waals surface area contributed by atoms with Crippen LogP contribution in [-0.2, 0) is 6.54 Å². The van der Waals surface area contributed by atoms with Crippen LogP contribution in [0.3, 0.4) is 0 Å². The minimum Gasteiger partial charge on any atom is -0.309 e. The number of nitrogens with zero attached hydrogens (tertiary/aromatic N) is 1. The van der Waals surface area contributed by atoms with Crippen LogP contribution in [-0.4, -0.2) is 23.0 Å². The van der Waals surface area contributed by atoms with E-state index in [0.29, 0.717) is 12.0 Å². The van der Waals surface area contributed by atoms with Crippen molar-refractivity contribution in [2.45, 2.75) is 45.7 Å². The van der Waals surface area contributed by atoms with E-state index in [1.165, 1.54) is 22.1 Å². The molecule has 0 bridgehead atoms. The van der Waals surface area contributed by atoms with Gasteiger partial charge in [-0.3, -0.25) is 0 Å². The maximum absolute atomic E-state index is 4.43. The highest BCUT2D eigenvalue weighted by Gasteiger charge is 2.06. The van der Waals surface area contributed by atoms with Crippen molar-refractivity contribution in [3.05, 3.63) is 16.1 Å². The summed E-state index contributed by atoms with van der Waals surface area (Å²) in [5, 5.41) is 4.79. The topological polar surface area (TPSA) is 24.9 Å². The van der Waals surface area contributed by atoms with E-state index in [4.69, 9.17) is 0 Å². The van der Waals surface area contributed by atoms with E-state index in [-0.39, 0.29) is 0 Å². The van der Waals surface area contributed by atoms with E-state index < -0.39 is 0 Å². The molecule has 0 aliphatic rings. The van der Waals surface area contributed by atoms with Gasteiger partial charge in [0, 0.05) is 29.6 Å². The molecule has 2 nitrogen and oxygen atoms in total. The van der Waals surface area contributed by atoms with Crippen molar-refractivity contribution < 1.29 is 0 Å². The second kappa shape index (κ2) is 7.30. The van der Waals surface area contributed by atoms with Crippen LogP contribution in [0.1, 0.15) is 43.0 Å². The van der Waals surface area contributed by atoms with Crippen molar-refractivity contribution in [2.75, 3.05) is 12.0 Å². The molecule has 1 atom stereocenters. The van der Waals surface area contributed by atoms with Crippen LogP contribution >= 0.6 is 23.1 Å². The van der Waals surface area contributed by atoms with Crippen LogP contribution in [0.15, 0.2) is 6.20 Å². The van der Waals surface area contributed by atoms with E-state index in [1.54, 1.807) is 0 Å². The monoisotopic (exact) mass is 258 g/mol. The van der Waals surface area contributed by atoms with Crippen molar-refractivity contribution in [1.82, 2.24) is 10.3 Å². The van der Waals surface area contributed by atoms with E-state index in [0.717, 1.165) is 6.54 Å². The van der Waals surface area contributed by atoms with E-state index in [9.17, 15) is 0 Å². The van der Waals surface area contributed by atoms with Gasteiger partial charge in [-0.2, -0.15) is 11.8 Å². The Bertz CT molecular complexity index is 297. The number of nitrogens with one attached hydrogen (secondary N) is 1. The summed E-state index contributed by atoms with van der Waals surface area (Å²) in [5.41, 5.74) is 0. The molecule has 92 valence electrons. The third-order valence-corrected chi connectivity index (χ3v) is 4.39. The quantitative estimate of drug-likeness (QED) is 0.810. The molecular weight excluding hydrogens is 236 g/mol. The lowest BCUT2D eigenvalue weighted by Gasteiger charge is -2.11. The minimum absolute atomic E-state index is 0.549. The summed E-state index contributed by atoms with van der Waals surface area (Å²) in [6.07, 6.45) is 5.40. The number of hydrogen-bond donors (Lipinski definition) is 1. The molecule has 0 aliphatic heterocycles. The molecule has 0 saturated heterocycles. The van der Waals surface area contributed by atoms with Gasteiger partial charge >= 0.3 is 0 Å². The van der Waals surface area contributed by atoms with Crippen LogP contribution in [0.2, 0.25) is 0 Å². The zero-order valence-corrected chi connectivity index (χ0v) is 12.3. The highest BCUT2D eigenvalue weighted by atomic mass is 32.2. The maximum atomic E-state index is 4.43. The highest BCUT2D eigenvalue weighted by molar-refractivity contribution is 7.98. The number of thioether (sulfide) groups is 1. The van der Waals surface area contributed by atoms with Gasteiger partial charge in [-0.05, 0) is 25.4 Å². The van der Waals surface area contributed by atoms with Gasteiger partial charge in [0.15, 0.2) is 0 Å². The van der Waals surface area contributed by atoms with Gasteiger partial charge < -0.3 is 5.32 Å². The molecule has 0 fully saturated rings. The van der Waals surface area contributed by atoms with E-state index >= 15 is 0 Å². The van der Waals surface area contributed by atoms with Crippen LogP contribution in [0.5, 0.6) is 0 Å². The van der Waals surface area contributed by atoms with E-state index in [1.807, 2.05) is 29.3 Å². The van der Waals surface area contributed by atoms with Gasteiger partial charge in [-0.15, -0.1) is 11.3 Å². The summed E-state index contributed by atoms with van der Waals surface area (Å²) in [4.78, 5) is 5.78. The number of thiazole rings is 1. The Morgan fingerprint density at radius 2 is 2.19 bits per heavy atom. The van der Waals surface area contributed by atoms with Crippen molar-refractivity contribution in [2.24, 2.45) is 0 Å². The molecule has 0 amide bonds. The van der Waals surface area contributed by atoms with Gasteiger partial charge in [0.2, 0.25) is 0 Å². The van der Waals surface area contributed by atoms with Gasteiger partial charge in [-0.1, -0.05) is 13.8 Å². The van der Waals surface area contributed by atoms with Crippen LogP contribution < -0.4 is 5.32 Å². The Kier molecular flexibility index (Phi) is 6.39. The predicted molar refractivity (Wildman–Crippen MR) is 75.5 cm³/mol. The Morgan fingerprint density at radius 1 is 1.44 bits per heavy atom. The number of rotatable bonds is 7. The maximum Gasteiger partial charge on any atom is 0.0953 e. The third-order valence-electron chi connectivity index (χ3n) is 2.45. The van der Waals surface area contributed by atoms with Gasteiger partial charge in [0.05, 0.1) is 5.01 Å². The molecule has 1 unspecified atom stereocenters. The van der Waals surface area contributed by atoms with Crippen LogP contribution in [0, 0.1) is 0 Å². The molecule has 1 rings (SSSR count). The smallest absolute Gasteiger partial charge is 0.0953 e.